The summed E-state index contributed by atoms with van der Waals surface area (Å²) < 4.78 is 5.51. The molecular formula is C14H18N2O. The van der Waals surface area contributed by atoms with E-state index < -0.39 is 0 Å². The predicted octanol–water partition coefficient (Wildman–Crippen LogP) is 3.15. The summed E-state index contributed by atoms with van der Waals surface area (Å²) in [7, 11) is 0. The lowest BCUT2D eigenvalue weighted by molar-refractivity contribution is 0.560. The van der Waals surface area contributed by atoms with Crippen molar-refractivity contribution >= 4 is 0 Å². The van der Waals surface area contributed by atoms with E-state index in [1.54, 1.807) is 6.26 Å². The van der Waals surface area contributed by atoms with E-state index in [1.807, 2.05) is 18.2 Å². The molecule has 0 saturated heterocycles. The van der Waals surface area contributed by atoms with Gasteiger partial charge in [-0.1, -0.05) is 32.0 Å². The third kappa shape index (κ3) is 2.94. The lowest BCUT2D eigenvalue weighted by atomic mass is 10.1. The maximum atomic E-state index is 5.51. The largest absolute Gasteiger partial charge is 0.444 e. The number of nitrogens with zero attached hydrogens (tertiary/aromatic N) is 1. The molecule has 2 aromatic rings. The molecule has 0 saturated carbocycles. The van der Waals surface area contributed by atoms with Crippen molar-refractivity contribution in [3.8, 4) is 11.5 Å². The first kappa shape index (κ1) is 11.9. The Morgan fingerprint density at radius 3 is 2.76 bits per heavy atom. The van der Waals surface area contributed by atoms with E-state index in [0.717, 1.165) is 17.8 Å². The molecule has 2 rings (SSSR count). The Morgan fingerprint density at radius 1 is 1.29 bits per heavy atom. The van der Waals surface area contributed by atoms with Gasteiger partial charge in [0.2, 0.25) is 5.89 Å². The normalized spacial score (nSPS) is 11.1. The number of rotatable bonds is 4. The van der Waals surface area contributed by atoms with E-state index in [4.69, 9.17) is 4.42 Å². The van der Waals surface area contributed by atoms with E-state index in [2.05, 4.69) is 37.1 Å². The zero-order valence-corrected chi connectivity index (χ0v) is 10.5. The van der Waals surface area contributed by atoms with Crippen LogP contribution in [0.3, 0.4) is 0 Å². The smallest absolute Gasteiger partial charge is 0.226 e. The lowest BCUT2D eigenvalue weighted by Gasteiger charge is -2.04. The van der Waals surface area contributed by atoms with Crippen LogP contribution in [0.25, 0.3) is 11.5 Å². The van der Waals surface area contributed by atoms with E-state index in [-0.39, 0.29) is 0 Å². The summed E-state index contributed by atoms with van der Waals surface area (Å²) in [5.74, 6) is 0.698. The number of oxazole rings is 1. The third-order valence-electron chi connectivity index (χ3n) is 2.62. The Hall–Kier alpha value is -1.61. The number of aryl methyl sites for hydroxylation is 1. The van der Waals surface area contributed by atoms with Crippen molar-refractivity contribution < 1.29 is 4.42 Å². The zero-order valence-electron chi connectivity index (χ0n) is 10.5. The van der Waals surface area contributed by atoms with Crippen LogP contribution in [-0.2, 0) is 6.54 Å². The molecule has 0 spiro atoms. The SMILES string of the molecule is Cc1ccccc1-c1nc(CNC(C)C)co1. The zero-order chi connectivity index (χ0) is 12.3. The average molecular weight is 230 g/mol. The number of aromatic nitrogens is 1. The van der Waals surface area contributed by atoms with Crippen LogP contribution in [0.1, 0.15) is 25.1 Å². The molecule has 0 bridgehead atoms. The van der Waals surface area contributed by atoms with Crippen LogP contribution >= 0.6 is 0 Å². The van der Waals surface area contributed by atoms with Crippen LogP contribution in [0.2, 0.25) is 0 Å². The van der Waals surface area contributed by atoms with Crippen molar-refractivity contribution in [3.63, 3.8) is 0 Å². The molecule has 0 atom stereocenters. The van der Waals surface area contributed by atoms with Gasteiger partial charge in [-0.25, -0.2) is 4.98 Å². The van der Waals surface area contributed by atoms with Crippen molar-refractivity contribution in [1.29, 1.82) is 0 Å². The van der Waals surface area contributed by atoms with Gasteiger partial charge in [0.25, 0.3) is 0 Å². The number of nitrogens with one attached hydrogen (secondary N) is 1. The molecule has 1 heterocycles. The lowest BCUT2D eigenvalue weighted by Crippen LogP contribution is -2.21. The first-order valence-corrected chi connectivity index (χ1v) is 5.90. The summed E-state index contributed by atoms with van der Waals surface area (Å²) >= 11 is 0. The minimum absolute atomic E-state index is 0.452. The Kier molecular flexibility index (Phi) is 3.59. The molecule has 17 heavy (non-hydrogen) atoms. The molecule has 3 nitrogen and oxygen atoms in total. The van der Waals surface area contributed by atoms with Gasteiger partial charge >= 0.3 is 0 Å². The van der Waals surface area contributed by atoms with Crippen LogP contribution in [0, 0.1) is 6.92 Å². The van der Waals surface area contributed by atoms with Gasteiger partial charge in [-0.3, -0.25) is 0 Å². The van der Waals surface area contributed by atoms with Gasteiger partial charge in [0.1, 0.15) is 6.26 Å². The van der Waals surface area contributed by atoms with E-state index in [0.29, 0.717) is 11.9 Å². The van der Waals surface area contributed by atoms with Gasteiger partial charge in [0, 0.05) is 18.2 Å². The topological polar surface area (TPSA) is 38.1 Å². The monoisotopic (exact) mass is 230 g/mol. The minimum atomic E-state index is 0.452. The molecule has 1 aromatic carbocycles. The summed E-state index contributed by atoms with van der Waals surface area (Å²) in [6.45, 7) is 7.03. The van der Waals surface area contributed by atoms with Crippen LogP contribution in [-0.4, -0.2) is 11.0 Å². The van der Waals surface area contributed by atoms with Crippen molar-refractivity contribution in [2.75, 3.05) is 0 Å². The summed E-state index contributed by atoms with van der Waals surface area (Å²) in [5, 5.41) is 3.32. The molecule has 1 N–H and O–H groups in total. The van der Waals surface area contributed by atoms with E-state index >= 15 is 0 Å². The van der Waals surface area contributed by atoms with Gasteiger partial charge in [-0.15, -0.1) is 0 Å². The number of benzene rings is 1. The van der Waals surface area contributed by atoms with Crippen LogP contribution in [0.5, 0.6) is 0 Å². The van der Waals surface area contributed by atoms with Gasteiger partial charge < -0.3 is 9.73 Å². The highest BCUT2D eigenvalue weighted by atomic mass is 16.3. The minimum Gasteiger partial charge on any atom is -0.444 e. The standard InChI is InChI=1S/C14H18N2O/c1-10(2)15-8-12-9-17-14(16-12)13-7-5-4-6-11(13)3/h4-7,9-10,15H,8H2,1-3H3. The van der Waals surface area contributed by atoms with Crippen LogP contribution in [0.15, 0.2) is 34.9 Å². The Balaban J connectivity index is 2.16. The molecule has 0 aliphatic heterocycles. The fraction of sp³-hybridized carbons (Fsp3) is 0.357. The van der Waals surface area contributed by atoms with Gasteiger partial charge in [0.05, 0.1) is 5.69 Å². The molecule has 0 unspecified atom stereocenters. The summed E-state index contributed by atoms with van der Waals surface area (Å²) in [6, 6.07) is 8.56. The summed E-state index contributed by atoms with van der Waals surface area (Å²) in [4.78, 5) is 4.48. The van der Waals surface area contributed by atoms with Gasteiger partial charge in [0.15, 0.2) is 0 Å². The van der Waals surface area contributed by atoms with Gasteiger partial charge in [-0.2, -0.15) is 0 Å². The molecule has 0 radical (unpaired) electrons. The average Bonchev–Trinajstić information content (AvgIpc) is 2.75. The highest BCUT2D eigenvalue weighted by Crippen LogP contribution is 2.22. The Bertz CT molecular complexity index is 488. The Morgan fingerprint density at radius 2 is 2.06 bits per heavy atom. The maximum Gasteiger partial charge on any atom is 0.226 e. The second kappa shape index (κ2) is 5.15. The molecule has 90 valence electrons. The van der Waals surface area contributed by atoms with E-state index in [9.17, 15) is 0 Å². The second-order valence-corrected chi connectivity index (χ2v) is 4.49. The molecule has 1 aromatic heterocycles. The van der Waals surface area contributed by atoms with Crippen molar-refractivity contribution in [3.05, 3.63) is 41.8 Å². The highest BCUT2D eigenvalue weighted by molar-refractivity contribution is 5.58. The fourth-order valence-electron chi connectivity index (χ4n) is 1.63. The molecule has 3 heteroatoms. The Labute approximate surface area is 102 Å². The quantitative estimate of drug-likeness (QED) is 0.876. The molecule has 0 aliphatic rings. The van der Waals surface area contributed by atoms with Crippen molar-refractivity contribution in [1.82, 2.24) is 10.3 Å². The van der Waals surface area contributed by atoms with Crippen molar-refractivity contribution in [2.24, 2.45) is 0 Å². The molecule has 0 amide bonds. The maximum absolute atomic E-state index is 5.51. The first-order chi connectivity index (χ1) is 8.16. The number of hydrogen-bond donors (Lipinski definition) is 1. The number of hydrogen-bond acceptors (Lipinski definition) is 3. The van der Waals surface area contributed by atoms with Crippen LogP contribution < -0.4 is 5.32 Å². The van der Waals surface area contributed by atoms with Gasteiger partial charge in [-0.05, 0) is 18.6 Å². The highest BCUT2D eigenvalue weighted by Gasteiger charge is 2.08. The van der Waals surface area contributed by atoms with Crippen LogP contribution in [0.4, 0.5) is 0 Å². The predicted molar refractivity (Wildman–Crippen MR) is 68.7 cm³/mol. The fourth-order valence-corrected chi connectivity index (χ4v) is 1.63. The third-order valence-corrected chi connectivity index (χ3v) is 2.62. The summed E-state index contributed by atoms with van der Waals surface area (Å²) in [5.41, 5.74) is 3.18. The molecular weight excluding hydrogens is 212 g/mol. The summed E-state index contributed by atoms with van der Waals surface area (Å²) in [6.07, 6.45) is 1.72. The molecule has 0 aliphatic carbocycles. The second-order valence-electron chi connectivity index (χ2n) is 4.49. The first-order valence-electron chi connectivity index (χ1n) is 5.90. The van der Waals surface area contributed by atoms with Crippen molar-refractivity contribution in [2.45, 2.75) is 33.4 Å². The molecule has 0 fully saturated rings. The van der Waals surface area contributed by atoms with E-state index in [1.165, 1.54) is 5.56 Å².